The zero-order chi connectivity index (χ0) is 18.9. The van der Waals surface area contributed by atoms with E-state index >= 15 is 0 Å². The van der Waals surface area contributed by atoms with Crippen molar-refractivity contribution < 1.29 is 22.4 Å². The number of rotatable bonds is 3. The van der Waals surface area contributed by atoms with Crippen LogP contribution in [0.3, 0.4) is 0 Å². The van der Waals surface area contributed by atoms with Crippen LogP contribution in [-0.4, -0.2) is 16.5 Å². The second-order valence-corrected chi connectivity index (χ2v) is 7.16. The first-order valence-corrected chi connectivity index (χ1v) is 8.72. The van der Waals surface area contributed by atoms with Gasteiger partial charge in [-0.05, 0) is 64.1 Å². The molecule has 0 atom stereocenters. The van der Waals surface area contributed by atoms with E-state index in [4.69, 9.17) is 0 Å². The first-order valence-electron chi connectivity index (χ1n) is 7.11. The summed E-state index contributed by atoms with van der Waals surface area (Å²) < 4.78 is 50.7. The zero-order valence-corrected chi connectivity index (χ0v) is 15.2. The Bertz CT molecular complexity index is 957. The molecule has 0 aliphatic heterocycles. The highest BCUT2D eigenvalue weighted by Crippen LogP contribution is 2.37. The van der Waals surface area contributed by atoms with Crippen molar-refractivity contribution in [1.82, 2.24) is 4.98 Å². The summed E-state index contributed by atoms with van der Waals surface area (Å²) >= 11 is 2.85. The maximum Gasteiger partial charge on any atom is 0.446 e. The van der Waals surface area contributed by atoms with Gasteiger partial charge >= 0.3 is 11.5 Å². The Hall–Kier alpha value is -2.20. The predicted octanol–water partition coefficient (Wildman–Crippen LogP) is 6.33. The van der Waals surface area contributed by atoms with Gasteiger partial charge in [-0.1, -0.05) is 0 Å². The molecular weight excluding hydrogens is 438 g/mol. The van der Waals surface area contributed by atoms with E-state index in [0.717, 1.165) is 0 Å². The molecule has 1 aromatic heterocycles. The molecule has 0 spiro atoms. The van der Waals surface area contributed by atoms with E-state index in [1.165, 1.54) is 42.6 Å². The average molecular weight is 448 g/mol. The van der Waals surface area contributed by atoms with Crippen LogP contribution >= 0.6 is 27.7 Å². The molecule has 3 N–H and O–H groups in total. The molecule has 0 fully saturated rings. The zero-order valence-electron chi connectivity index (χ0n) is 12.7. The number of carbonyl (C=O) groups is 1. The van der Waals surface area contributed by atoms with Crippen LogP contribution in [-0.2, 0) is 0 Å². The summed E-state index contributed by atoms with van der Waals surface area (Å²) in [6.07, 6.45) is 1.51. The summed E-state index contributed by atoms with van der Waals surface area (Å²) in [5.41, 5.74) is -3.09. The van der Waals surface area contributed by atoms with Crippen molar-refractivity contribution in [2.24, 2.45) is 0 Å². The third kappa shape index (κ3) is 4.50. The molecule has 10 heteroatoms. The van der Waals surface area contributed by atoms with Gasteiger partial charge in [-0.2, -0.15) is 13.2 Å². The quantitative estimate of drug-likeness (QED) is 0.324. The van der Waals surface area contributed by atoms with Gasteiger partial charge in [0, 0.05) is 22.2 Å². The van der Waals surface area contributed by atoms with Crippen molar-refractivity contribution in [2.75, 3.05) is 10.6 Å². The topological polar surface area (TPSA) is 56.9 Å². The number of aromatic amines is 1. The lowest BCUT2D eigenvalue weighted by molar-refractivity contribution is -0.0328. The molecule has 0 saturated carbocycles. The molecular formula is C16H10BrF4N3OS. The molecule has 0 unspecified atom stereocenters. The Labute approximate surface area is 157 Å². The van der Waals surface area contributed by atoms with Gasteiger partial charge in [0.1, 0.15) is 5.82 Å². The van der Waals surface area contributed by atoms with Crippen molar-refractivity contribution in [1.29, 1.82) is 0 Å². The minimum absolute atomic E-state index is 0.0203. The molecule has 2 aromatic carbocycles. The molecule has 0 aliphatic rings. The number of alkyl halides is 3. The number of nitrogens with one attached hydrogen (secondary N) is 3. The fraction of sp³-hybridized carbons (Fsp3) is 0.0625. The first-order chi connectivity index (χ1) is 12.2. The number of aromatic nitrogens is 1. The summed E-state index contributed by atoms with van der Waals surface area (Å²) in [6.45, 7) is 0. The van der Waals surface area contributed by atoms with Crippen molar-refractivity contribution in [3.05, 3.63) is 52.9 Å². The van der Waals surface area contributed by atoms with Gasteiger partial charge in [0.2, 0.25) is 0 Å². The Kier molecular flexibility index (Phi) is 5.15. The first kappa shape index (κ1) is 18.6. The number of H-pyrrole nitrogens is 1. The summed E-state index contributed by atoms with van der Waals surface area (Å²) in [5, 5.41) is 5.73. The molecule has 26 heavy (non-hydrogen) atoms. The van der Waals surface area contributed by atoms with E-state index in [1.54, 1.807) is 0 Å². The van der Waals surface area contributed by atoms with E-state index in [1.807, 2.05) is 0 Å². The molecule has 4 nitrogen and oxygen atoms in total. The van der Waals surface area contributed by atoms with Gasteiger partial charge in [-0.15, -0.1) is 0 Å². The van der Waals surface area contributed by atoms with E-state index in [0.29, 0.717) is 22.3 Å². The van der Waals surface area contributed by atoms with Crippen molar-refractivity contribution in [3.63, 3.8) is 0 Å². The lowest BCUT2D eigenvalue weighted by Crippen LogP contribution is -2.19. The third-order valence-electron chi connectivity index (χ3n) is 3.32. The summed E-state index contributed by atoms with van der Waals surface area (Å²) in [4.78, 5) is 14.9. The van der Waals surface area contributed by atoms with Crippen LogP contribution in [0, 0.1) is 5.82 Å². The van der Waals surface area contributed by atoms with Crippen molar-refractivity contribution >= 4 is 56.0 Å². The average Bonchev–Trinajstić information content (AvgIpc) is 2.90. The molecule has 1 heterocycles. The summed E-state index contributed by atoms with van der Waals surface area (Å²) in [6, 6.07) is 7.50. The monoisotopic (exact) mass is 447 g/mol. The van der Waals surface area contributed by atoms with Crippen LogP contribution in [0.15, 0.2) is 52.0 Å². The molecule has 0 saturated heterocycles. The second-order valence-electron chi connectivity index (χ2n) is 5.17. The number of hydrogen-bond acceptors (Lipinski definition) is 2. The van der Waals surface area contributed by atoms with E-state index in [9.17, 15) is 22.4 Å². The number of hydrogen-bond donors (Lipinski definition) is 3. The molecule has 3 aromatic rings. The maximum atomic E-state index is 13.5. The predicted molar refractivity (Wildman–Crippen MR) is 97.0 cm³/mol. The number of fused-ring (bicyclic) bond motifs is 1. The molecule has 136 valence electrons. The largest absolute Gasteiger partial charge is 0.446 e. The van der Waals surface area contributed by atoms with Crippen LogP contribution in [0.25, 0.3) is 10.9 Å². The van der Waals surface area contributed by atoms with Gasteiger partial charge in [0.25, 0.3) is 0 Å². The van der Waals surface area contributed by atoms with Gasteiger partial charge < -0.3 is 15.6 Å². The van der Waals surface area contributed by atoms with Crippen LogP contribution < -0.4 is 10.6 Å². The number of carbonyl (C=O) groups excluding carboxylic acids is 1. The van der Waals surface area contributed by atoms with Crippen LogP contribution in [0.5, 0.6) is 0 Å². The van der Waals surface area contributed by atoms with E-state index in [2.05, 4.69) is 31.5 Å². The minimum Gasteiger partial charge on any atom is -0.359 e. The summed E-state index contributed by atoms with van der Waals surface area (Å²) in [7, 11) is 0. The van der Waals surface area contributed by atoms with Gasteiger partial charge in [-0.25, -0.2) is 9.18 Å². The number of halogens is 5. The molecule has 0 bridgehead atoms. The molecule has 2 amide bonds. The lowest BCUT2D eigenvalue weighted by atomic mass is 10.2. The molecule has 0 radical (unpaired) electrons. The lowest BCUT2D eigenvalue weighted by Gasteiger charge is -2.09. The second kappa shape index (κ2) is 7.20. The van der Waals surface area contributed by atoms with Gasteiger partial charge in [0.05, 0.1) is 15.7 Å². The Morgan fingerprint density at radius 1 is 1.12 bits per heavy atom. The standard InChI is InChI=1S/C16H10BrF4N3OS/c17-11-5-10-13(6-12(11)18)22-7-14(10)24-15(25)23-8-1-3-9(4-2-8)26-16(19,20)21/h1-7,22H,(H2,23,24,25). The van der Waals surface area contributed by atoms with Gasteiger partial charge in [0.15, 0.2) is 0 Å². The Morgan fingerprint density at radius 3 is 2.46 bits per heavy atom. The van der Waals surface area contributed by atoms with Crippen molar-refractivity contribution in [3.8, 4) is 0 Å². The SMILES string of the molecule is O=C(Nc1ccc(SC(F)(F)F)cc1)Nc1c[nH]c2cc(F)c(Br)cc12. The highest BCUT2D eigenvalue weighted by molar-refractivity contribution is 9.10. The van der Waals surface area contributed by atoms with Crippen molar-refractivity contribution in [2.45, 2.75) is 10.4 Å². The van der Waals surface area contributed by atoms with Crippen LogP contribution in [0.2, 0.25) is 0 Å². The number of anilines is 2. The highest BCUT2D eigenvalue weighted by atomic mass is 79.9. The fourth-order valence-corrected chi connectivity index (χ4v) is 3.13. The smallest absolute Gasteiger partial charge is 0.359 e. The third-order valence-corrected chi connectivity index (χ3v) is 4.66. The van der Waals surface area contributed by atoms with Crippen LogP contribution in [0.4, 0.5) is 33.7 Å². The maximum absolute atomic E-state index is 13.5. The normalized spacial score (nSPS) is 11.6. The Balaban J connectivity index is 1.68. The highest BCUT2D eigenvalue weighted by Gasteiger charge is 2.29. The number of benzene rings is 2. The molecule has 0 aliphatic carbocycles. The summed E-state index contributed by atoms with van der Waals surface area (Å²) in [5.74, 6) is -0.438. The number of urea groups is 1. The molecule has 3 rings (SSSR count). The Morgan fingerprint density at radius 2 is 1.81 bits per heavy atom. The number of thioether (sulfide) groups is 1. The van der Waals surface area contributed by atoms with E-state index < -0.39 is 17.4 Å². The minimum atomic E-state index is -4.37. The van der Waals surface area contributed by atoms with E-state index in [-0.39, 0.29) is 21.1 Å². The number of amides is 2. The fourth-order valence-electron chi connectivity index (χ4n) is 2.24. The van der Waals surface area contributed by atoms with Gasteiger partial charge in [-0.3, -0.25) is 0 Å². The van der Waals surface area contributed by atoms with Crippen LogP contribution in [0.1, 0.15) is 0 Å².